The molecule has 2 amide bonds. The standard InChI is InChI=1S/2C20H20FN7O2/c2*1-3-20-12-30-9-8-28(20)17-15(26(2)18(20)29)11-24-19(25-17)27-7-6-22-16(27)14-5-4-13(21)10-23-14/h2*4-7,10-11H,3,8-9,12H2,1-2H3/t2*20-/m10/s1. The van der Waals surface area contributed by atoms with Crippen LogP contribution in [0.15, 0.2) is 73.8 Å². The third-order valence-electron chi connectivity index (χ3n) is 11.5. The Labute approximate surface area is 342 Å². The van der Waals surface area contributed by atoms with Crippen LogP contribution >= 0.6 is 0 Å². The molecule has 2 fully saturated rings. The highest BCUT2D eigenvalue weighted by atomic mass is 19.1. The molecule has 18 nitrogen and oxygen atoms in total. The molecule has 6 aromatic heterocycles. The highest BCUT2D eigenvalue weighted by Gasteiger charge is 2.53. The molecule has 10 heterocycles. The molecule has 10 rings (SSSR count). The molecule has 2 saturated heterocycles. The highest BCUT2D eigenvalue weighted by molar-refractivity contribution is 6.08. The summed E-state index contributed by atoms with van der Waals surface area (Å²) in [7, 11) is 3.47. The van der Waals surface area contributed by atoms with Crippen LogP contribution in [0.25, 0.3) is 34.9 Å². The molecule has 308 valence electrons. The number of carbonyl (C=O) groups is 2. The second kappa shape index (κ2) is 15.1. The van der Waals surface area contributed by atoms with Crippen LogP contribution in [0, 0.1) is 11.6 Å². The monoisotopic (exact) mass is 818 g/mol. The van der Waals surface area contributed by atoms with Gasteiger partial charge in [-0.25, -0.2) is 38.7 Å². The maximum absolute atomic E-state index is 13.3. The Hall–Kier alpha value is -6.80. The largest absolute Gasteiger partial charge is 0.377 e. The minimum Gasteiger partial charge on any atom is -0.377 e. The van der Waals surface area contributed by atoms with Crippen LogP contribution in [0.3, 0.4) is 0 Å². The number of halogens is 2. The van der Waals surface area contributed by atoms with Gasteiger partial charge in [-0.2, -0.15) is 9.97 Å². The quantitative estimate of drug-likeness (QED) is 0.238. The van der Waals surface area contributed by atoms with Gasteiger partial charge in [0.15, 0.2) is 23.3 Å². The lowest BCUT2D eigenvalue weighted by Gasteiger charge is -2.51. The molecule has 20 heteroatoms. The zero-order valence-electron chi connectivity index (χ0n) is 33.2. The molecule has 0 aromatic carbocycles. The van der Waals surface area contributed by atoms with Crippen molar-refractivity contribution in [1.82, 2.24) is 49.0 Å². The van der Waals surface area contributed by atoms with E-state index in [1.54, 1.807) is 82.3 Å². The lowest BCUT2D eigenvalue weighted by Crippen LogP contribution is -2.68. The average Bonchev–Trinajstić information content (AvgIpc) is 3.99. The van der Waals surface area contributed by atoms with Crippen LogP contribution in [-0.4, -0.2) is 126 Å². The Kier molecular flexibility index (Phi) is 9.74. The summed E-state index contributed by atoms with van der Waals surface area (Å²) in [4.78, 5) is 69.0. The second-order valence-corrected chi connectivity index (χ2v) is 14.6. The fourth-order valence-corrected chi connectivity index (χ4v) is 8.22. The van der Waals surface area contributed by atoms with Crippen molar-refractivity contribution in [2.24, 2.45) is 0 Å². The van der Waals surface area contributed by atoms with E-state index in [0.29, 0.717) is 110 Å². The average molecular weight is 819 g/mol. The number of hydrogen-bond acceptors (Lipinski definition) is 14. The number of ether oxygens (including phenoxy) is 2. The predicted molar refractivity (Wildman–Crippen MR) is 214 cm³/mol. The molecule has 2 atom stereocenters. The van der Waals surface area contributed by atoms with E-state index in [-0.39, 0.29) is 11.8 Å². The first-order valence-corrected chi connectivity index (χ1v) is 19.4. The molecule has 0 bridgehead atoms. The highest BCUT2D eigenvalue weighted by Crippen LogP contribution is 2.43. The van der Waals surface area contributed by atoms with Gasteiger partial charge in [0.1, 0.15) is 45.5 Å². The van der Waals surface area contributed by atoms with Gasteiger partial charge in [-0.3, -0.25) is 18.7 Å². The molecule has 60 heavy (non-hydrogen) atoms. The van der Waals surface area contributed by atoms with E-state index in [2.05, 4.69) is 29.9 Å². The van der Waals surface area contributed by atoms with E-state index in [9.17, 15) is 18.4 Å². The number of carbonyl (C=O) groups excluding carboxylic acids is 2. The number of rotatable bonds is 6. The Morgan fingerprint density at radius 1 is 0.617 bits per heavy atom. The first kappa shape index (κ1) is 38.7. The normalized spacial score (nSPS) is 20.8. The van der Waals surface area contributed by atoms with E-state index in [1.165, 1.54) is 12.1 Å². The van der Waals surface area contributed by atoms with Gasteiger partial charge in [-0.05, 0) is 37.1 Å². The fourth-order valence-electron chi connectivity index (χ4n) is 8.22. The number of morpholine rings is 2. The molecule has 4 aliphatic rings. The maximum Gasteiger partial charge on any atom is 0.255 e. The minimum absolute atomic E-state index is 0.0209. The molecule has 0 unspecified atom stereocenters. The van der Waals surface area contributed by atoms with Crippen molar-refractivity contribution in [3.63, 3.8) is 0 Å². The number of pyridine rings is 2. The third-order valence-corrected chi connectivity index (χ3v) is 11.5. The summed E-state index contributed by atoms with van der Waals surface area (Å²) in [5.41, 5.74) is 0.755. The number of aromatic nitrogens is 10. The van der Waals surface area contributed by atoms with Crippen molar-refractivity contribution in [1.29, 1.82) is 0 Å². The third kappa shape index (κ3) is 6.12. The van der Waals surface area contributed by atoms with E-state index < -0.39 is 22.7 Å². The first-order chi connectivity index (χ1) is 29.1. The summed E-state index contributed by atoms with van der Waals surface area (Å²) in [5.74, 6) is 2.27. The number of nitrogens with zero attached hydrogens (tertiary/aromatic N) is 14. The molecule has 0 saturated carbocycles. The SMILES string of the molecule is CC[C@@]12COCCN1c1nc(-n3ccnc3-c3ccc(F)cn3)ncc1N(C)C2=O.CC[C@]12COCCN1c1nc(-n3ccnc3-c3ccc(F)cn3)ncc1N(C)C2=O. The van der Waals surface area contributed by atoms with Crippen LogP contribution in [0.5, 0.6) is 0 Å². The fraction of sp³-hybridized carbons (Fsp3) is 0.350. The van der Waals surface area contributed by atoms with Crippen molar-refractivity contribution >= 4 is 34.8 Å². The Bertz CT molecular complexity index is 2410. The van der Waals surface area contributed by atoms with Gasteiger partial charge in [-0.1, -0.05) is 13.8 Å². The second-order valence-electron chi connectivity index (χ2n) is 14.6. The van der Waals surface area contributed by atoms with Crippen LogP contribution in [0.4, 0.5) is 31.8 Å². The number of likely N-dealkylation sites (N-methyl/N-ethyl adjacent to an activating group) is 2. The lowest BCUT2D eigenvalue weighted by molar-refractivity contribution is -0.129. The van der Waals surface area contributed by atoms with Gasteiger partial charge >= 0.3 is 0 Å². The zero-order valence-corrected chi connectivity index (χ0v) is 33.2. The van der Waals surface area contributed by atoms with Gasteiger partial charge in [0.25, 0.3) is 11.8 Å². The summed E-state index contributed by atoms with van der Waals surface area (Å²) in [6, 6.07) is 5.78. The molecular weight excluding hydrogens is 779 g/mol. The van der Waals surface area contributed by atoms with E-state index in [4.69, 9.17) is 19.4 Å². The maximum atomic E-state index is 13.3. The smallest absolute Gasteiger partial charge is 0.255 e. The summed E-state index contributed by atoms with van der Waals surface area (Å²) in [6.07, 6.45) is 13.5. The molecule has 0 aliphatic carbocycles. The topological polar surface area (TPSA) is 179 Å². The summed E-state index contributed by atoms with van der Waals surface area (Å²) in [5, 5.41) is 0. The summed E-state index contributed by atoms with van der Waals surface area (Å²) >= 11 is 0. The Morgan fingerprint density at radius 2 is 1.05 bits per heavy atom. The molecule has 0 spiro atoms. The first-order valence-electron chi connectivity index (χ1n) is 19.4. The van der Waals surface area contributed by atoms with E-state index >= 15 is 0 Å². The van der Waals surface area contributed by atoms with Crippen molar-refractivity contribution < 1.29 is 27.8 Å². The van der Waals surface area contributed by atoms with Crippen LogP contribution < -0.4 is 19.6 Å². The van der Waals surface area contributed by atoms with Crippen molar-refractivity contribution in [3.05, 3.63) is 85.5 Å². The lowest BCUT2D eigenvalue weighted by atomic mass is 9.89. The van der Waals surface area contributed by atoms with Crippen molar-refractivity contribution in [2.45, 2.75) is 37.8 Å². The molecule has 4 aliphatic heterocycles. The number of hydrogen-bond donors (Lipinski definition) is 0. The van der Waals surface area contributed by atoms with E-state index in [1.807, 2.05) is 23.6 Å². The van der Waals surface area contributed by atoms with Gasteiger partial charge in [0.05, 0.1) is 51.2 Å². The van der Waals surface area contributed by atoms with Gasteiger partial charge in [-0.15, -0.1) is 0 Å². The summed E-state index contributed by atoms with van der Waals surface area (Å²) < 4.78 is 41.3. The van der Waals surface area contributed by atoms with Crippen LogP contribution in [0.1, 0.15) is 26.7 Å². The molecule has 0 radical (unpaired) electrons. The Balaban J connectivity index is 0.000000154. The molecule has 6 aromatic rings. The van der Waals surface area contributed by atoms with Crippen molar-refractivity contribution in [2.75, 3.05) is 73.2 Å². The van der Waals surface area contributed by atoms with Crippen molar-refractivity contribution in [3.8, 4) is 34.9 Å². The number of anilines is 4. The number of fused-ring (bicyclic) bond motifs is 6. The molecular formula is C40H40F2N14O4. The Morgan fingerprint density at radius 3 is 1.43 bits per heavy atom. The van der Waals surface area contributed by atoms with E-state index in [0.717, 1.165) is 12.4 Å². The number of amides is 2. The van der Waals surface area contributed by atoms with Gasteiger partial charge in [0, 0.05) is 52.0 Å². The predicted octanol–water partition coefficient (Wildman–Crippen LogP) is 3.65. The van der Waals surface area contributed by atoms with Gasteiger partial charge < -0.3 is 29.1 Å². The van der Waals surface area contributed by atoms with Crippen LogP contribution in [-0.2, 0) is 19.1 Å². The molecule has 0 N–H and O–H groups in total. The minimum atomic E-state index is -0.776. The van der Waals surface area contributed by atoms with Crippen LogP contribution in [0.2, 0.25) is 0 Å². The zero-order chi connectivity index (χ0) is 41.8. The van der Waals surface area contributed by atoms with Gasteiger partial charge in [0.2, 0.25) is 11.9 Å². The summed E-state index contributed by atoms with van der Waals surface area (Å²) in [6.45, 7) is 6.77. The number of imidazole rings is 2.